The van der Waals surface area contributed by atoms with Crippen LogP contribution in [0.3, 0.4) is 0 Å². The lowest BCUT2D eigenvalue weighted by atomic mass is 9.47. The van der Waals surface area contributed by atoms with Crippen molar-refractivity contribution in [3.63, 3.8) is 0 Å². The lowest BCUT2D eigenvalue weighted by Gasteiger charge is -2.58. The second-order valence-electron chi connectivity index (χ2n) is 12.0. The van der Waals surface area contributed by atoms with Gasteiger partial charge in [-0.2, -0.15) is 0 Å². The molecule has 3 nitrogen and oxygen atoms in total. The van der Waals surface area contributed by atoms with Crippen molar-refractivity contribution in [1.82, 2.24) is 0 Å². The minimum Gasteiger partial charge on any atom is -0.393 e. The Kier molecular flexibility index (Phi) is 4.21. The number of aliphatic hydroxyl groups excluding tert-OH is 1. The molecular formula is C26H40O3. The summed E-state index contributed by atoms with van der Waals surface area (Å²) in [5, 5.41) is 10.2. The van der Waals surface area contributed by atoms with Crippen LogP contribution in [0.15, 0.2) is 11.6 Å². The third-order valence-corrected chi connectivity index (χ3v) is 11.0. The van der Waals surface area contributed by atoms with Crippen molar-refractivity contribution in [2.45, 2.75) is 103 Å². The molecule has 1 spiro atoms. The average Bonchev–Trinajstić information content (AvgIpc) is 3.14. The van der Waals surface area contributed by atoms with E-state index in [0.717, 1.165) is 43.6 Å². The van der Waals surface area contributed by atoms with Crippen molar-refractivity contribution >= 4 is 0 Å². The SMILES string of the molecule is CC1C2C(CC3C4CC=C5CC(O)CCC5(C)C4CCC32C)OC12CCCCO2. The van der Waals surface area contributed by atoms with Gasteiger partial charge in [0.25, 0.3) is 0 Å². The van der Waals surface area contributed by atoms with Crippen molar-refractivity contribution in [2.24, 2.45) is 40.4 Å². The maximum absolute atomic E-state index is 10.2. The summed E-state index contributed by atoms with van der Waals surface area (Å²) in [5.41, 5.74) is 2.32. The van der Waals surface area contributed by atoms with Crippen LogP contribution in [0.1, 0.15) is 85.0 Å². The van der Waals surface area contributed by atoms with E-state index in [9.17, 15) is 5.11 Å². The van der Waals surface area contributed by atoms with Crippen LogP contribution < -0.4 is 0 Å². The highest BCUT2D eigenvalue weighted by Gasteiger charge is 2.68. The van der Waals surface area contributed by atoms with Crippen molar-refractivity contribution in [3.05, 3.63) is 11.6 Å². The zero-order chi connectivity index (χ0) is 20.0. The highest BCUT2D eigenvalue weighted by atomic mass is 16.7. The lowest BCUT2D eigenvalue weighted by Crippen LogP contribution is -2.52. The molecule has 162 valence electrons. The smallest absolute Gasteiger partial charge is 0.171 e. The standard InChI is InChI=1S/C26H40O3/c1-16-23-22(29-26(16)10-4-5-13-28-26)15-21-19-7-6-17-14-18(27)8-11-24(17,2)20(19)9-12-25(21,23)3/h6,16,18-23,27H,4-5,7-15H2,1-3H3. The second-order valence-corrected chi connectivity index (χ2v) is 12.0. The highest BCUT2D eigenvalue weighted by Crippen LogP contribution is 2.70. The maximum Gasteiger partial charge on any atom is 0.171 e. The fraction of sp³-hybridized carbons (Fsp3) is 0.923. The molecule has 10 unspecified atom stereocenters. The van der Waals surface area contributed by atoms with Crippen LogP contribution in [0.25, 0.3) is 0 Å². The first-order chi connectivity index (χ1) is 13.9. The van der Waals surface area contributed by atoms with E-state index in [-0.39, 0.29) is 11.9 Å². The Morgan fingerprint density at radius 3 is 2.72 bits per heavy atom. The van der Waals surface area contributed by atoms with Gasteiger partial charge in [-0.1, -0.05) is 32.4 Å². The number of rotatable bonds is 0. The van der Waals surface area contributed by atoms with Gasteiger partial charge in [0.1, 0.15) is 0 Å². The quantitative estimate of drug-likeness (QED) is 0.548. The molecule has 0 aromatic heterocycles. The molecule has 4 aliphatic carbocycles. The molecule has 10 atom stereocenters. The van der Waals surface area contributed by atoms with Crippen molar-refractivity contribution in [1.29, 1.82) is 0 Å². The minimum atomic E-state index is -0.274. The Morgan fingerprint density at radius 2 is 1.93 bits per heavy atom. The van der Waals surface area contributed by atoms with Gasteiger partial charge in [-0.05, 0) is 92.3 Å². The molecule has 29 heavy (non-hydrogen) atoms. The Hall–Kier alpha value is -0.380. The van der Waals surface area contributed by atoms with Gasteiger partial charge in [0, 0.05) is 12.3 Å². The van der Waals surface area contributed by atoms with Crippen LogP contribution in [-0.4, -0.2) is 29.7 Å². The number of aliphatic hydroxyl groups is 1. The molecule has 3 heteroatoms. The molecule has 2 saturated heterocycles. The molecule has 0 aromatic carbocycles. The number of hydrogen-bond acceptors (Lipinski definition) is 3. The predicted molar refractivity (Wildman–Crippen MR) is 113 cm³/mol. The van der Waals surface area contributed by atoms with E-state index >= 15 is 0 Å². The molecule has 3 saturated carbocycles. The summed E-state index contributed by atoms with van der Waals surface area (Å²) >= 11 is 0. The summed E-state index contributed by atoms with van der Waals surface area (Å²) in [7, 11) is 0. The van der Waals surface area contributed by atoms with E-state index in [1.54, 1.807) is 5.57 Å². The van der Waals surface area contributed by atoms with Gasteiger partial charge in [-0.15, -0.1) is 0 Å². The van der Waals surface area contributed by atoms with Crippen LogP contribution in [0.5, 0.6) is 0 Å². The summed E-state index contributed by atoms with van der Waals surface area (Å²) < 4.78 is 13.2. The van der Waals surface area contributed by atoms with Crippen LogP contribution in [0.2, 0.25) is 0 Å². The number of allylic oxidation sites excluding steroid dienone is 1. The van der Waals surface area contributed by atoms with Gasteiger partial charge in [-0.3, -0.25) is 0 Å². The minimum absolute atomic E-state index is 0.105. The number of hydrogen-bond donors (Lipinski definition) is 1. The maximum atomic E-state index is 10.2. The van der Waals surface area contributed by atoms with E-state index in [1.807, 2.05) is 0 Å². The summed E-state index contributed by atoms with van der Waals surface area (Å²) in [5.74, 6) is 3.32. The summed E-state index contributed by atoms with van der Waals surface area (Å²) in [4.78, 5) is 0. The Balaban J connectivity index is 1.30. The Labute approximate surface area is 176 Å². The Morgan fingerprint density at radius 1 is 1.07 bits per heavy atom. The highest BCUT2D eigenvalue weighted by molar-refractivity contribution is 5.26. The largest absolute Gasteiger partial charge is 0.393 e. The van der Waals surface area contributed by atoms with Gasteiger partial charge < -0.3 is 14.6 Å². The molecule has 0 bridgehead atoms. The zero-order valence-electron chi connectivity index (χ0n) is 18.7. The first kappa shape index (κ1) is 19.3. The fourth-order valence-corrected chi connectivity index (χ4v) is 9.56. The van der Waals surface area contributed by atoms with Gasteiger partial charge in [0.05, 0.1) is 18.8 Å². The average molecular weight is 401 g/mol. The van der Waals surface area contributed by atoms with Gasteiger partial charge >= 0.3 is 0 Å². The first-order valence-corrected chi connectivity index (χ1v) is 12.6. The zero-order valence-corrected chi connectivity index (χ0v) is 18.7. The van der Waals surface area contributed by atoms with E-state index < -0.39 is 0 Å². The van der Waals surface area contributed by atoms with E-state index in [4.69, 9.17) is 9.47 Å². The van der Waals surface area contributed by atoms with Crippen molar-refractivity contribution in [2.75, 3.05) is 6.61 Å². The summed E-state index contributed by atoms with van der Waals surface area (Å²) in [6, 6.07) is 0. The normalized spacial score (nSPS) is 58.9. The van der Waals surface area contributed by atoms with E-state index in [0.29, 0.717) is 28.8 Å². The summed E-state index contributed by atoms with van der Waals surface area (Å²) in [6.07, 6.45) is 14.7. The lowest BCUT2D eigenvalue weighted by molar-refractivity contribution is -0.264. The number of fused-ring (bicyclic) bond motifs is 7. The monoisotopic (exact) mass is 400 g/mol. The topological polar surface area (TPSA) is 38.7 Å². The first-order valence-electron chi connectivity index (χ1n) is 12.6. The third kappa shape index (κ3) is 2.47. The fourth-order valence-electron chi connectivity index (χ4n) is 9.56. The molecule has 6 rings (SSSR count). The second kappa shape index (κ2) is 6.33. The molecule has 1 N–H and O–H groups in total. The van der Waals surface area contributed by atoms with Crippen LogP contribution in [0, 0.1) is 40.4 Å². The molecule has 0 radical (unpaired) electrons. The number of ether oxygens (including phenoxy) is 2. The molecule has 6 aliphatic rings. The summed E-state index contributed by atoms with van der Waals surface area (Å²) in [6.45, 7) is 8.47. The van der Waals surface area contributed by atoms with Crippen LogP contribution >= 0.6 is 0 Å². The van der Waals surface area contributed by atoms with Crippen LogP contribution in [0.4, 0.5) is 0 Å². The third-order valence-electron chi connectivity index (χ3n) is 11.0. The predicted octanol–water partition coefficient (Wildman–Crippen LogP) is 5.47. The van der Waals surface area contributed by atoms with Gasteiger partial charge in [0.15, 0.2) is 5.79 Å². The van der Waals surface area contributed by atoms with Gasteiger partial charge in [0.2, 0.25) is 0 Å². The van der Waals surface area contributed by atoms with Crippen molar-refractivity contribution in [3.8, 4) is 0 Å². The molecule has 0 amide bonds. The van der Waals surface area contributed by atoms with Crippen LogP contribution in [-0.2, 0) is 9.47 Å². The molecule has 0 aromatic rings. The Bertz CT molecular complexity index is 709. The van der Waals surface area contributed by atoms with E-state index in [2.05, 4.69) is 26.8 Å². The molecular weight excluding hydrogens is 360 g/mol. The van der Waals surface area contributed by atoms with Crippen molar-refractivity contribution < 1.29 is 14.6 Å². The van der Waals surface area contributed by atoms with Gasteiger partial charge in [-0.25, -0.2) is 0 Å². The molecule has 5 fully saturated rings. The molecule has 2 heterocycles. The molecule has 2 aliphatic heterocycles. The van der Waals surface area contributed by atoms with E-state index in [1.165, 1.54) is 44.9 Å².